The summed E-state index contributed by atoms with van der Waals surface area (Å²) < 4.78 is 4.70. The van der Waals surface area contributed by atoms with Crippen molar-refractivity contribution in [2.75, 3.05) is 0 Å². The lowest BCUT2D eigenvalue weighted by Gasteiger charge is -2.19. The quantitative estimate of drug-likeness (QED) is 0.457. The van der Waals surface area contributed by atoms with Gasteiger partial charge in [-0.05, 0) is 44.5 Å². The lowest BCUT2D eigenvalue weighted by Crippen LogP contribution is -2.21. The molecule has 0 atom stereocenters. The molecule has 0 spiro atoms. The van der Waals surface area contributed by atoms with Crippen LogP contribution in [0, 0.1) is 0 Å². The fourth-order valence-corrected chi connectivity index (χ4v) is 1.53. The summed E-state index contributed by atoms with van der Waals surface area (Å²) in [6.45, 7) is 6.22. The molecule has 6 nitrogen and oxygen atoms in total. The molecule has 2 aromatic rings. The molecule has 0 fully saturated rings. The van der Waals surface area contributed by atoms with E-state index in [0.29, 0.717) is 17.6 Å². The van der Waals surface area contributed by atoms with Crippen molar-refractivity contribution in [2.45, 2.75) is 32.8 Å². The van der Waals surface area contributed by atoms with Crippen LogP contribution in [-0.4, -0.2) is 24.0 Å². The standard InChI is InChI=1S/C14H10O4.C6H12O2/c15-13(11-7-3-1-4-8-11)17-18-14(16)12-9-5-2-6-10-12;1-4-6(2,3)8-5-7/h1-10H;5H,4H2,1-3H3. The first-order valence-corrected chi connectivity index (χ1v) is 8.04. The summed E-state index contributed by atoms with van der Waals surface area (Å²) in [5.74, 6) is -1.42. The molecular formula is C20H22O6. The van der Waals surface area contributed by atoms with Crippen LogP contribution in [0.5, 0.6) is 0 Å². The zero-order valence-electron chi connectivity index (χ0n) is 15.0. The highest BCUT2D eigenvalue weighted by Gasteiger charge is 2.14. The van der Waals surface area contributed by atoms with Crippen molar-refractivity contribution in [3.8, 4) is 0 Å². The van der Waals surface area contributed by atoms with Crippen molar-refractivity contribution in [2.24, 2.45) is 0 Å². The van der Waals surface area contributed by atoms with Crippen LogP contribution in [0.1, 0.15) is 47.9 Å². The summed E-state index contributed by atoms with van der Waals surface area (Å²) in [7, 11) is 0. The van der Waals surface area contributed by atoms with Gasteiger partial charge >= 0.3 is 11.9 Å². The Bertz CT molecular complexity index is 643. The molecule has 0 bridgehead atoms. The third kappa shape index (κ3) is 7.61. The van der Waals surface area contributed by atoms with Crippen LogP contribution >= 0.6 is 0 Å². The smallest absolute Gasteiger partial charge is 0.386 e. The summed E-state index contributed by atoms with van der Waals surface area (Å²) >= 11 is 0. The van der Waals surface area contributed by atoms with Gasteiger partial charge in [0.05, 0.1) is 11.1 Å². The van der Waals surface area contributed by atoms with Crippen LogP contribution in [0.3, 0.4) is 0 Å². The van der Waals surface area contributed by atoms with Crippen molar-refractivity contribution in [3.05, 3.63) is 71.8 Å². The molecule has 0 heterocycles. The number of rotatable bonds is 5. The van der Waals surface area contributed by atoms with Crippen molar-refractivity contribution in [3.63, 3.8) is 0 Å². The minimum atomic E-state index is -0.708. The first-order valence-electron chi connectivity index (χ1n) is 8.04. The Kier molecular flexibility index (Phi) is 8.57. The van der Waals surface area contributed by atoms with Gasteiger partial charge in [-0.3, -0.25) is 4.79 Å². The maximum atomic E-state index is 11.5. The van der Waals surface area contributed by atoms with E-state index < -0.39 is 11.9 Å². The molecule has 0 aliphatic rings. The summed E-state index contributed by atoms with van der Waals surface area (Å²) in [5.41, 5.74) is 0.360. The average Bonchev–Trinajstić information content (AvgIpc) is 2.67. The molecule has 0 amide bonds. The second kappa shape index (κ2) is 10.7. The maximum absolute atomic E-state index is 11.5. The number of ether oxygens (including phenoxy) is 1. The molecule has 2 rings (SSSR count). The van der Waals surface area contributed by atoms with Crippen LogP contribution in [0.15, 0.2) is 60.7 Å². The average molecular weight is 358 g/mol. The third-order valence-electron chi connectivity index (χ3n) is 3.43. The molecule has 0 N–H and O–H groups in total. The Balaban J connectivity index is 0.000000359. The first kappa shape index (κ1) is 20.9. The van der Waals surface area contributed by atoms with E-state index in [2.05, 4.69) is 9.78 Å². The molecule has 138 valence electrons. The highest BCUT2D eigenvalue weighted by molar-refractivity contribution is 5.92. The Morgan fingerprint density at radius 3 is 1.50 bits per heavy atom. The number of carbonyl (C=O) groups excluding carboxylic acids is 3. The van der Waals surface area contributed by atoms with Gasteiger partial charge in [0.1, 0.15) is 5.60 Å². The van der Waals surface area contributed by atoms with E-state index in [4.69, 9.17) is 4.74 Å². The lowest BCUT2D eigenvalue weighted by atomic mass is 10.1. The topological polar surface area (TPSA) is 78.9 Å². The maximum Gasteiger partial charge on any atom is 0.386 e. The fourth-order valence-electron chi connectivity index (χ4n) is 1.53. The van der Waals surface area contributed by atoms with Gasteiger partial charge in [-0.25, -0.2) is 19.4 Å². The highest BCUT2D eigenvalue weighted by atomic mass is 17.2. The van der Waals surface area contributed by atoms with Crippen molar-refractivity contribution >= 4 is 18.4 Å². The van der Waals surface area contributed by atoms with E-state index >= 15 is 0 Å². The Labute approximate surface area is 152 Å². The van der Waals surface area contributed by atoms with Gasteiger partial charge in [0, 0.05) is 0 Å². The minimum Gasteiger partial charge on any atom is -0.462 e. The second-order valence-electron chi connectivity index (χ2n) is 5.80. The van der Waals surface area contributed by atoms with E-state index in [-0.39, 0.29) is 5.60 Å². The Morgan fingerprint density at radius 2 is 1.23 bits per heavy atom. The molecule has 0 saturated heterocycles. The predicted molar refractivity (Wildman–Crippen MR) is 95.2 cm³/mol. The summed E-state index contributed by atoms with van der Waals surface area (Å²) in [6.07, 6.45) is 0.853. The monoisotopic (exact) mass is 358 g/mol. The summed E-state index contributed by atoms with van der Waals surface area (Å²) in [5, 5.41) is 0. The van der Waals surface area contributed by atoms with E-state index in [1.54, 1.807) is 60.7 Å². The Hall–Kier alpha value is -3.15. The van der Waals surface area contributed by atoms with Crippen molar-refractivity contribution in [1.82, 2.24) is 0 Å². The normalized spacial score (nSPS) is 9.96. The SMILES string of the molecule is CCC(C)(C)OC=O.O=C(OOC(=O)c1ccccc1)c1ccccc1. The third-order valence-corrected chi connectivity index (χ3v) is 3.43. The molecular weight excluding hydrogens is 336 g/mol. The molecule has 6 heteroatoms. The van der Waals surface area contributed by atoms with Gasteiger partial charge in [0.15, 0.2) is 0 Å². The fraction of sp³-hybridized carbons (Fsp3) is 0.250. The number of hydrogen-bond donors (Lipinski definition) is 0. The van der Waals surface area contributed by atoms with Gasteiger partial charge in [0.2, 0.25) is 0 Å². The second-order valence-corrected chi connectivity index (χ2v) is 5.80. The van der Waals surface area contributed by atoms with Crippen LogP contribution in [0.4, 0.5) is 0 Å². The van der Waals surface area contributed by atoms with E-state index in [1.165, 1.54) is 0 Å². The number of benzene rings is 2. The molecule has 0 aromatic heterocycles. The van der Waals surface area contributed by atoms with Gasteiger partial charge < -0.3 is 4.74 Å². The minimum absolute atomic E-state index is 0.276. The zero-order valence-corrected chi connectivity index (χ0v) is 15.0. The largest absolute Gasteiger partial charge is 0.462 e. The van der Waals surface area contributed by atoms with Crippen molar-refractivity contribution in [1.29, 1.82) is 0 Å². The van der Waals surface area contributed by atoms with E-state index in [9.17, 15) is 14.4 Å². The van der Waals surface area contributed by atoms with E-state index in [0.717, 1.165) is 6.42 Å². The van der Waals surface area contributed by atoms with E-state index in [1.807, 2.05) is 20.8 Å². The van der Waals surface area contributed by atoms with Crippen LogP contribution in [0.2, 0.25) is 0 Å². The van der Waals surface area contributed by atoms with Gasteiger partial charge in [0.25, 0.3) is 6.47 Å². The van der Waals surface area contributed by atoms with Gasteiger partial charge in [-0.2, -0.15) is 0 Å². The molecule has 0 saturated carbocycles. The molecule has 0 radical (unpaired) electrons. The lowest BCUT2D eigenvalue weighted by molar-refractivity contribution is -0.187. The molecule has 0 aliphatic heterocycles. The molecule has 0 aliphatic carbocycles. The number of hydrogen-bond acceptors (Lipinski definition) is 6. The predicted octanol–water partition coefficient (Wildman–Crippen LogP) is 3.96. The molecule has 0 unspecified atom stereocenters. The number of carbonyl (C=O) groups is 3. The summed E-state index contributed by atoms with van der Waals surface area (Å²) in [6, 6.07) is 16.6. The van der Waals surface area contributed by atoms with Crippen LogP contribution in [0.25, 0.3) is 0 Å². The van der Waals surface area contributed by atoms with Crippen LogP contribution < -0.4 is 0 Å². The highest BCUT2D eigenvalue weighted by Crippen LogP contribution is 2.10. The molecule has 2 aromatic carbocycles. The van der Waals surface area contributed by atoms with Crippen LogP contribution in [-0.2, 0) is 19.3 Å². The Morgan fingerprint density at radius 1 is 0.846 bits per heavy atom. The van der Waals surface area contributed by atoms with Crippen molar-refractivity contribution < 1.29 is 28.9 Å². The summed E-state index contributed by atoms with van der Waals surface area (Å²) in [4.78, 5) is 41.6. The molecule has 26 heavy (non-hydrogen) atoms. The first-order chi connectivity index (χ1) is 12.4. The zero-order chi connectivity index (χ0) is 19.4. The van der Waals surface area contributed by atoms with Gasteiger partial charge in [-0.15, -0.1) is 0 Å². The van der Waals surface area contributed by atoms with Gasteiger partial charge in [-0.1, -0.05) is 43.3 Å².